The van der Waals surface area contributed by atoms with Gasteiger partial charge in [-0.2, -0.15) is 0 Å². The highest BCUT2D eigenvalue weighted by Crippen LogP contribution is 2.29. The zero-order valence-electron chi connectivity index (χ0n) is 9.98. The van der Waals surface area contributed by atoms with E-state index < -0.39 is 0 Å². The number of pyridine rings is 1. The molecule has 1 heteroatoms. The summed E-state index contributed by atoms with van der Waals surface area (Å²) in [6.45, 7) is 2.11. The molecule has 1 aromatic heterocycles. The van der Waals surface area contributed by atoms with Gasteiger partial charge in [0, 0.05) is 18.3 Å². The monoisotopic (exact) mass is 221 g/mol. The highest BCUT2D eigenvalue weighted by molar-refractivity contribution is 5.74. The summed E-state index contributed by atoms with van der Waals surface area (Å²) in [7, 11) is 0. The Bertz CT molecular complexity index is 582. The molecule has 17 heavy (non-hydrogen) atoms. The molecule has 0 saturated carbocycles. The van der Waals surface area contributed by atoms with E-state index in [4.69, 9.17) is 0 Å². The van der Waals surface area contributed by atoms with Gasteiger partial charge in [0.15, 0.2) is 0 Å². The number of fused-ring (bicyclic) bond motifs is 1. The standard InChI is InChI=1S/C16H15N/c1-12-8-9-17-15(10-12)11-14-7-6-13-4-2-3-5-16(13)14/h2-5,7-10H,6,11H2,1H3. The molecule has 84 valence electrons. The van der Waals surface area contributed by atoms with Crippen LogP contribution in [0.5, 0.6) is 0 Å². The van der Waals surface area contributed by atoms with E-state index in [-0.39, 0.29) is 0 Å². The van der Waals surface area contributed by atoms with Crippen LogP contribution in [-0.2, 0) is 12.8 Å². The smallest absolute Gasteiger partial charge is 0.0450 e. The van der Waals surface area contributed by atoms with Crippen LogP contribution in [0.1, 0.15) is 22.4 Å². The Morgan fingerprint density at radius 2 is 2.06 bits per heavy atom. The fraction of sp³-hybridized carbons (Fsp3) is 0.188. The number of aryl methyl sites for hydroxylation is 1. The zero-order valence-corrected chi connectivity index (χ0v) is 9.98. The quantitative estimate of drug-likeness (QED) is 0.755. The summed E-state index contributed by atoms with van der Waals surface area (Å²) in [6, 6.07) is 12.9. The summed E-state index contributed by atoms with van der Waals surface area (Å²) in [5.74, 6) is 0. The first-order chi connectivity index (χ1) is 8.33. The van der Waals surface area contributed by atoms with E-state index in [1.807, 2.05) is 12.3 Å². The second-order valence-electron chi connectivity index (χ2n) is 4.59. The topological polar surface area (TPSA) is 12.9 Å². The minimum absolute atomic E-state index is 0.943. The number of hydrogen-bond donors (Lipinski definition) is 0. The molecule has 0 saturated heterocycles. The van der Waals surface area contributed by atoms with E-state index in [2.05, 4.69) is 48.3 Å². The van der Waals surface area contributed by atoms with Crippen LogP contribution in [0.25, 0.3) is 5.57 Å². The number of nitrogens with zero attached hydrogens (tertiary/aromatic N) is 1. The Balaban J connectivity index is 1.89. The van der Waals surface area contributed by atoms with Gasteiger partial charge >= 0.3 is 0 Å². The third-order valence-corrected chi connectivity index (χ3v) is 3.28. The molecule has 0 atom stereocenters. The Labute approximate surface area is 102 Å². The van der Waals surface area contributed by atoms with Crippen molar-refractivity contribution in [2.45, 2.75) is 19.8 Å². The van der Waals surface area contributed by atoms with Gasteiger partial charge in [0.2, 0.25) is 0 Å². The van der Waals surface area contributed by atoms with Crippen molar-refractivity contribution in [2.24, 2.45) is 0 Å². The fourth-order valence-corrected chi connectivity index (χ4v) is 2.41. The van der Waals surface area contributed by atoms with Crippen molar-refractivity contribution in [3.05, 3.63) is 71.1 Å². The third-order valence-electron chi connectivity index (χ3n) is 3.28. The molecule has 0 spiro atoms. The lowest BCUT2D eigenvalue weighted by atomic mass is 10.0. The van der Waals surface area contributed by atoms with E-state index in [0.717, 1.165) is 18.5 Å². The van der Waals surface area contributed by atoms with Crippen LogP contribution < -0.4 is 0 Å². The van der Waals surface area contributed by atoms with Crippen molar-refractivity contribution in [3.63, 3.8) is 0 Å². The zero-order chi connectivity index (χ0) is 11.7. The molecule has 0 bridgehead atoms. The van der Waals surface area contributed by atoms with E-state index in [1.165, 1.54) is 22.3 Å². The van der Waals surface area contributed by atoms with Crippen molar-refractivity contribution >= 4 is 5.57 Å². The van der Waals surface area contributed by atoms with Crippen molar-refractivity contribution in [1.29, 1.82) is 0 Å². The lowest BCUT2D eigenvalue weighted by Crippen LogP contribution is -1.93. The molecule has 1 aliphatic carbocycles. The SMILES string of the molecule is Cc1ccnc(CC2=CCc3ccccc32)c1. The van der Waals surface area contributed by atoms with Gasteiger partial charge in [-0.1, -0.05) is 30.3 Å². The van der Waals surface area contributed by atoms with Crippen molar-refractivity contribution in [3.8, 4) is 0 Å². The van der Waals surface area contributed by atoms with Crippen molar-refractivity contribution in [2.75, 3.05) is 0 Å². The number of rotatable bonds is 2. The van der Waals surface area contributed by atoms with Gasteiger partial charge < -0.3 is 0 Å². The van der Waals surface area contributed by atoms with Crippen molar-refractivity contribution in [1.82, 2.24) is 4.98 Å². The highest BCUT2D eigenvalue weighted by atomic mass is 14.7. The first-order valence-corrected chi connectivity index (χ1v) is 6.02. The first-order valence-electron chi connectivity index (χ1n) is 6.02. The van der Waals surface area contributed by atoms with Crippen LogP contribution in [0.3, 0.4) is 0 Å². The molecule has 0 unspecified atom stereocenters. The Morgan fingerprint density at radius 3 is 2.94 bits per heavy atom. The molecule has 0 radical (unpaired) electrons. The highest BCUT2D eigenvalue weighted by Gasteiger charge is 2.13. The van der Waals surface area contributed by atoms with Gasteiger partial charge in [0.1, 0.15) is 0 Å². The number of aromatic nitrogens is 1. The average molecular weight is 221 g/mol. The number of benzene rings is 1. The molecule has 0 amide bonds. The van der Waals surface area contributed by atoms with Gasteiger partial charge in [-0.05, 0) is 47.7 Å². The molecule has 0 fully saturated rings. The van der Waals surface area contributed by atoms with Gasteiger partial charge in [-0.25, -0.2) is 0 Å². The van der Waals surface area contributed by atoms with E-state index in [0.29, 0.717) is 0 Å². The van der Waals surface area contributed by atoms with Crippen molar-refractivity contribution < 1.29 is 0 Å². The lowest BCUT2D eigenvalue weighted by molar-refractivity contribution is 1.11. The van der Waals surface area contributed by atoms with Crippen LogP contribution in [0, 0.1) is 6.92 Å². The van der Waals surface area contributed by atoms with Gasteiger partial charge in [-0.3, -0.25) is 4.98 Å². The second kappa shape index (κ2) is 4.17. The molecule has 0 aliphatic heterocycles. The maximum atomic E-state index is 4.44. The van der Waals surface area contributed by atoms with Crippen LogP contribution in [0.4, 0.5) is 0 Å². The Kier molecular flexibility index (Phi) is 2.52. The minimum atomic E-state index is 0.943. The summed E-state index contributed by atoms with van der Waals surface area (Å²) >= 11 is 0. The average Bonchev–Trinajstić information content (AvgIpc) is 2.73. The molecule has 3 rings (SSSR count). The van der Waals surface area contributed by atoms with E-state index in [9.17, 15) is 0 Å². The summed E-state index contributed by atoms with van der Waals surface area (Å²) in [4.78, 5) is 4.44. The summed E-state index contributed by atoms with van der Waals surface area (Å²) in [5, 5.41) is 0. The predicted octanol–water partition coefficient (Wildman–Crippen LogP) is 3.57. The molecular formula is C16H15N. The largest absolute Gasteiger partial charge is 0.261 e. The summed E-state index contributed by atoms with van der Waals surface area (Å²) in [5.41, 5.74) is 6.69. The Morgan fingerprint density at radius 1 is 1.18 bits per heavy atom. The molecule has 2 aromatic rings. The summed E-state index contributed by atoms with van der Waals surface area (Å²) < 4.78 is 0. The lowest BCUT2D eigenvalue weighted by Gasteiger charge is -2.05. The number of allylic oxidation sites excluding steroid dienone is 2. The fourth-order valence-electron chi connectivity index (χ4n) is 2.41. The minimum Gasteiger partial charge on any atom is -0.261 e. The molecule has 1 heterocycles. The molecular weight excluding hydrogens is 206 g/mol. The van der Waals surface area contributed by atoms with Crippen LogP contribution >= 0.6 is 0 Å². The maximum Gasteiger partial charge on any atom is 0.0450 e. The van der Waals surface area contributed by atoms with Gasteiger partial charge in [0.25, 0.3) is 0 Å². The van der Waals surface area contributed by atoms with Crippen LogP contribution in [0.2, 0.25) is 0 Å². The third kappa shape index (κ3) is 2.01. The van der Waals surface area contributed by atoms with E-state index >= 15 is 0 Å². The molecule has 1 aromatic carbocycles. The van der Waals surface area contributed by atoms with Gasteiger partial charge in [-0.15, -0.1) is 0 Å². The van der Waals surface area contributed by atoms with Crippen LogP contribution in [-0.4, -0.2) is 4.98 Å². The normalized spacial score (nSPS) is 13.4. The predicted molar refractivity (Wildman–Crippen MR) is 70.8 cm³/mol. The molecule has 1 nitrogen and oxygen atoms in total. The Hall–Kier alpha value is -1.89. The number of hydrogen-bond acceptors (Lipinski definition) is 1. The van der Waals surface area contributed by atoms with Crippen LogP contribution in [0.15, 0.2) is 48.7 Å². The van der Waals surface area contributed by atoms with Gasteiger partial charge in [0.05, 0.1) is 0 Å². The maximum absolute atomic E-state index is 4.44. The van der Waals surface area contributed by atoms with E-state index in [1.54, 1.807) is 0 Å². The summed E-state index contributed by atoms with van der Waals surface area (Å²) in [6.07, 6.45) is 6.23. The first kappa shape index (κ1) is 10.3. The second-order valence-corrected chi connectivity index (χ2v) is 4.59. The molecule has 1 aliphatic rings. The molecule has 0 N–H and O–H groups in total.